The summed E-state index contributed by atoms with van der Waals surface area (Å²) in [7, 11) is 3.98. The Labute approximate surface area is 133 Å². The van der Waals surface area contributed by atoms with Crippen LogP contribution in [0.25, 0.3) is 0 Å². The van der Waals surface area contributed by atoms with Crippen LogP contribution in [0.4, 0.5) is 0 Å². The van der Waals surface area contributed by atoms with Crippen LogP contribution in [-0.2, 0) is 14.9 Å². The molecule has 0 aliphatic heterocycles. The predicted octanol–water partition coefficient (Wildman–Crippen LogP) is 2.99. The molecule has 0 aliphatic rings. The fraction of sp³-hybridized carbons (Fsp3) is 0.556. The highest BCUT2D eigenvalue weighted by Gasteiger charge is 2.36. The number of nitriles is 1. The summed E-state index contributed by atoms with van der Waals surface area (Å²) in [6, 6.07) is 12.2. The van der Waals surface area contributed by atoms with E-state index in [4.69, 9.17) is 4.74 Å². The van der Waals surface area contributed by atoms with Crippen LogP contribution in [0.5, 0.6) is 0 Å². The number of ether oxygens (including phenoxy) is 1. The Morgan fingerprint density at radius 2 is 2.00 bits per heavy atom. The third-order valence-corrected chi connectivity index (χ3v) is 3.87. The molecule has 0 N–H and O–H groups in total. The van der Waals surface area contributed by atoms with Gasteiger partial charge in [0.25, 0.3) is 0 Å². The van der Waals surface area contributed by atoms with Crippen molar-refractivity contribution in [1.29, 1.82) is 5.26 Å². The number of hydrogen-bond donors (Lipinski definition) is 0. The molecule has 0 amide bonds. The summed E-state index contributed by atoms with van der Waals surface area (Å²) in [6.07, 6.45) is 1.16. The molecule has 22 heavy (non-hydrogen) atoms. The number of esters is 1. The summed E-state index contributed by atoms with van der Waals surface area (Å²) in [5.74, 6) is -0.537. The molecule has 4 nitrogen and oxygen atoms in total. The largest absolute Gasteiger partial charge is 0.466 e. The van der Waals surface area contributed by atoms with E-state index in [2.05, 4.69) is 11.0 Å². The zero-order valence-corrected chi connectivity index (χ0v) is 14.0. The molecule has 1 rings (SSSR count). The summed E-state index contributed by atoms with van der Waals surface area (Å²) in [4.78, 5) is 14.0. The molecule has 0 saturated carbocycles. The van der Waals surface area contributed by atoms with Crippen molar-refractivity contribution in [1.82, 2.24) is 4.90 Å². The van der Waals surface area contributed by atoms with Gasteiger partial charge in [-0.3, -0.25) is 4.79 Å². The molecule has 0 aromatic heterocycles. The summed E-state index contributed by atoms with van der Waals surface area (Å²) in [6.45, 7) is 4.79. The minimum absolute atomic E-state index is 0.233. The van der Waals surface area contributed by atoms with Crippen LogP contribution < -0.4 is 0 Å². The van der Waals surface area contributed by atoms with Crippen molar-refractivity contribution in [2.75, 3.05) is 27.2 Å². The minimum Gasteiger partial charge on any atom is -0.466 e. The molecule has 0 fully saturated rings. The molecule has 120 valence electrons. The number of rotatable bonds is 8. The van der Waals surface area contributed by atoms with E-state index < -0.39 is 5.41 Å². The molecule has 0 aliphatic carbocycles. The Bertz CT molecular complexity index is 508. The summed E-state index contributed by atoms with van der Waals surface area (Å²) in [5.41, 5.74) is 0.299. The summed E-state index contributed by atoms with van der Waals surface area (Å²) < 4.78 is 5.10. The molecule has 0 radical (unpaired) electrons. The molecule has 1 aromatic rings. The molecule has 0 saturated heterocycles. The van der Waals surface area contributed by atoms with Crippen LogP contribution in [0, 0.1) is 17.2 Å². The second kappa shape index (κ2) is 8.55. The third-order valence-electron chi connectivity index (χ3n) is 3.87. The van der Waals surface area contributed by atoms with E-state index in [-0.39, 0.29) is 11.9 Å². The molecule has 2 atom stereocenters. The highest BCUT2D eigenvalue weighted by atomic mass is 16.5. The molecular weight excluding hydrogens is 276 g/mol. The zero-order valence-electron chi connectivity index (χ0n) is 14.0. The van der Waals surface area contributed by atoms with Gasteiger partial charge in [-0.1, -0.05) is 37.3 Å². The van der Waals surface area contributed by atoms with Gasteiger partial charge in [-0.05, 0) is 46.0 Å². The Balaban J connectivity index is 3.05. The van der Waals surface area contributed by atoms with Gasteiger partial charge < -0.3 is 9.64 Å². The normalized spacial score (nSPS) is 14.9. The molecule has 0 bridgehead atoms. The van der Waals surface area contributed by atoms with E-state index in [0.717, 1.165) is 12.1 Å². The quantitative estimate of drug-likeness (QED) is 0.693. The molecule has 0 spiro atoms. The van der Waals surface area contributed by atoms with E-state index in [1.54, 1.807) is 6.92 Å². The van der Waals surface area contributed by atoms with Crippen molar-refractivity contribution in [2.45, 2.75) is 32.1 Å². The highest BCUT2D eigenvalue weighted by molar-refractivity contribution is 5.72. The van der Waals surface area contributed by atoms with Crippen molar-refractivity contribution in [3.63, 3.8) is 0 Å². The number of carbonyl (C=O) groups excluding carboxylic acids is 1. The van der Waals surface area contributed by atoms with Crippen LogP contribution in [0.15, 0.2) is 30.3 Å². The maximum Gasteiger partial charge on any atom is 0.308 e. The smallest absolute Gasteiger partial charge is 0.308 e. The van der Waals surface area contributed by atoms with Crippen LogP contribution >= 0.6 is 0 Å². The second-order valence-electron chi connectivity index (χ2n) is 5.97. The van der Waals surface area contributed by atoms with E-state index >= 15 is 0 Å². The standard InChI is InChI=1S/C18H26N2O2/c1-5-22-17(21)15(2)13-18(14-19,11-12-20(3)4)16-9-7-6-8-10-16/h6-10,15H,5,11-13H2,1-4H3. The molecule has 2 unspecified atom stereocenters. The van der Waals surface area contributed by atoms with Crippen molar-refractivity contribution < 1.29 is 9.53 Å². The van der Waals surface area contributed by atoms with Gasteiger partial charge in [0.05, 0.1) is 24.0 Å². The van der Waals surface area contributed by atoms with Crippen LogP contribution in [0.3, 0.4) is 0 Å². The van der Waals surface area contributed by atoms with Gasteiger partial charge in [0, 0.05) is 0 Å². The van der Waals surface area contributed by atoms with Crippen molar-refractivity contribution >= 4 is 5.97 Å². The first-order chi connectivity index (χ1) is 10.4. The van der Waals surface area contributed by atoms with Gasteiger partial charge in [-0.15, -0.1) is 0 Å². The van der Waals surface area contributed by atoms with Gasteiger partial charge in [0.2, 0.25) is 0 Å². The lowest BCUT2D eigenvalue weighted by Crippen LogP contribution is -2.33. The predicted molar refractivity (Wildman–Crippen MR) is 87.3 cm³/mol. The Kier molecular flexibility index (Phi) is 7.07. The molecular formula is C18H26N2O2. The van der Waals surface area contributed by atoms with E-state index in [0.29, 0.717) is 19.4 Å². The number of carbonyl (C=O) groups is 1. The summed E-state index contributed by atoms with van der Waals surface area (Å²) in [5, 5.41) is 9.88. The lowest BCUT2D eigenvalue weighted by molar-refractivity contribution is -0.148. The lowest BCUT2D eigenvalue weighted by atomic mass is 9.72. The van der Waals surface area contributed by atoms with Gasteiger partial charge in [-0.2, -0.15) is 5.26 Å². The molecule has 4 heteroatoms. The fourth-order valence-electron chi connectivity index (χ4n) is 2.59. The number of nitrogens with zero attached hydrogens (tertiary/aromatic N) is 2. The van der Waals surface area contributed by atoms with E-state index in [1.807, 2.05) is 51.4 Å². The summed E-state index contributed by atoms with van der Waals surface area (Å²) >= 11 is 0. The average Bonchev–Trinajstić information content (AvgIpc) is 2.52. The first-order valence-corrected chi connectivity index (χ1v) is 7.73. The second-order valence-corrected chi connectivity index (χ2v) is 5.97. The monoisotopic (exact) mass is 302 g/mol. The first-order valence-electron chi connectivity index (χ1n) is 7.73. The molecule has 1 aromatic carbocycles. The Morgan fingerprint density at radius 1 is 1.36 bits per heavy atom. The SMILES string of the molecule is CCOC(=O)C(C)CC(C#N)(CCN(C)C)c1ccccc1. The fourth-order valence-corrected chi connectivity index (χ4v) is 2.59. The maximum absolute atomic E-state index is 12.0. The van der Waals surface area contributed by atoms with E-state index in [9.17, 15) is 10.1 Å². The topological polar surface area (TPSA) is 53.3 Å². The first kappa shape index (κ1) is 18.2. The van der Waals surface area contributed by atoms with Gasteiger partial charge >= 0.3 is 5.97 Å². The minimum atomic E-state index is -0.669. The maximum atomic E-state index is 12.0. The lowest BCUT2D eigenvalue weighted by Gasteiger charge is -2.30. The van der Waals surface area contributed by atoms with Gasteiger partial charge in [-0.25, -0.2) is 0 Å². The van der Waals surface area contributed by atoms with Crippen LogP contribution in [-0.4, -0.2) is 38.1 Å². The van der Waals surface area contributed by atoms with Crippen molar-refractivity contribution in [2.24, 2.45) is 5.92 Å². The molecule has 0 heterocycles. The zero-order chi connectivity index (χ0) is 16.6. The third kappa shape index (κ3) is 4.85. The Morgan fingerprint density at radius 3 is 2.50 bits per heavy atom. The van der Waals surface area contributed by atoms with Gasteiger partial charge in [0.1, 0.15) is 0 Å². The number of benzene rings is 1. The Hall–Kier alpha value is -1.86. The van der Waals surface area contributed by atoms with Crippen LogP contribution in [0.1, 0.15) is 32.3 Å². The van der Waals surface area contributed by atoms with Crippen molar-refractivity contribution in [3.8, 4) is 6.07 Å². The van der Waals surface area contributed by atoms with Gasteiger partial charge in [0.15, 0.2) is 0 Å². The van der Waals surface area contributed by atoms with E-state index in [1.165, 1.54) is 0 Å². The van der Waals surface area contributed by atoms with Crippen LogP contribution in [0.2, 0.25) is 0 Å². The highest BCUT2D eigenvalue weighted by Crippen LogP contribution is 2.35. The average molecular weight is 302 g/mol. The van der Waals surface area contributed by atoms with Crippen molar-refractivity contribution in [3.05, 3.63) is 35.9 Å². The number of hydrogen-bond acceptors (Lipinski definition) is 4.